The maximum Gasteiger partial charge on any atom is 0.253 e. The molecule has 0 spiro atoms. The molecule has 11 heteroatoms. The summed E-state index contributed by atoms with van der Waals surface area (Å²) in [4.78, 5) is 34.6. The summed E-state index contributed by atoms with van der Waals surface area (Å²) >= 11 is 0. The highest BCUT2D eigenvalue weighted by molar-refractivity contribution is 6.06. The Labute approximate surface area is 388 Å². The number of nitrogens with zero attached hydrogens (tertiary/aromatic N) is 3. The van der Waals surface area contributed by atoms with Crippen molar-refractivity contribution in [3.63, 3.8) is 0 Å². The van der Waals surface area contributed by atoms with E-state index in [1.165, 1.54) is 57.8 Å². The van der Waals surface area contributed by atoms with Gasteiger partial charge in [-0.25, -0.2) is 9.97 Å². The lowest BCUT2D eigenvalue weighted by atomic mass is 9.41. The van der Waals surface area contributed by atoms with Gasteiger partial charge in [-0.05, 0) is 110 Å². The van der Waals surface area contributed by atoms with E-state index in [1.807, 2.05) is 24.3 Å². The van der Waals surface area contributed by atoms with E-state index in [2.05, 4.69) is 74.7 Å². The van der Waals surface area contributed by atoms with Gasteiger partial charge in [0.15, 0.2) is 5.82 Å². The van der Waals surface area contributed by atoms with Crippen LogP contribution in [0.5, 0.6) is 0 Å². The maximum absolute atomic E-state index is 12.6. The van der Waals surface area contributed by atoms with Crippen molar-refractivity contribution in [1.29, 1.82) is 0 Å². The zero-order valence-electron chi connectivity index (χ0n) is 40.9. The number of rotatable bonds is 23. The Morgan fingerprint density at radius 2 is 1.57 bits per heavy atom. The molecule has 8 atom stereocenters. The zero-order chi connectivity index (χ0) is 45.9. The van der Waals surface area contributed by atoms with Crippen LogP contribution in [0.1, 0.15) is 138 Å². The van der Waals surface area contributed by atoms with Gasteiger partial charge < -0.3 is 35.1 Å². The highest BCUT2D eigenvalue weighted by Gasteiger charge is 2.64. The van der Waals surface area contributed by atoms with Gasteiger partial charge in [-0.3, -0.25) is 9.59 Å². The summed E-state index contributed by atoms with van der Waals surface area (Å²) in [5, 5.41) is 7.33. The van der Waals surface area contributed by atoms with E-state index in [0.717, 1.165) is 83.9 Å². The molecule has 2 aromatic carbocycles. The van der Waals surface area contributed by atoms with E-state index >= 15 is 0 Å². The Bertz CT molecular complexity index is 2360. The first-order valence-corrected chi connectivity index (χ1v) is 25.6. The molecular weight excluding hydrogens is 813 g/mol. The number of imidazole rings is 1. The number of para-hydroxylation sites is 1. The number of hydrogen-bond donors (Lipinski definition) is 3. The Kier molecular flexibility index (Phi) is 14.8. The molecule has 356 valence electrons. The monoisotopic (exact) mass is 893 g/mol. The van der Waals surface area contributed by atoms with Crippen LogP contribution in [0.25, 0.3) is 21.9 Å². The minimum atomic E-state index is -0.505. The second-order valence-electron chi connectivity index (χ2n) is 21.7. The van der Waals surface area contributed by atoms with Gasteiger partial charge in [-0.2, -0.15) is 0 Å². The van der Waals surface area contributed by atoms with Crippen LogP contribution in [0.2, 0.25) is 0 Å². The smallest absolute Gasteiger partial charge is 0.253 e. The van der Waals surface area contributed by atoms with Crippen molar-refractivity contribution in [2.45, 2.75) is 151 Å². The highest BCUT2D eigenvalue weighted by Crippen LogP contribution is 2.72. The molecule has 2 heterocycles. The number of nitrogen functional groups attached to an aromatic ring is 1. The predicted molar refractivity (Wildman–Crippen MR) is 265 cm³/mol. The average Bonchev–Trinajstić information content (AvgIpc) is 3.85. The number of fused-ring (bicyclic) bond motifs is 8. The molecule has 4 aliphatic rings. The van der Waals surface area contributed by atoms with Crippen molar-refractivity contribution in [2.24, 2.45) is 45.8 Å². The van der Waals surface area contributed by atoms with Crippen LogP contribution >= 0.6 is 0 Å². The summed E-state index contributed by atoms with van der Waals surface area (Å²) in [6, 6.07) is 7.93. The van der Waals surface area contributed by atoms with Crippen molar-refractivity contribution in [2.75, 3.05) is 62.5 Å². The molecule has 3 saturated carbocycles. The van der Waals surface area contributed by atoms with Crippen LogP contribution < -0.4 is 27.2 Å². The molecule has 4 aliphatic carbocycles. The third kappa shape index (κ3) is 9.41. The molecule has 0 saturated heterocycles. The number of aromatic nitrogens is 3. The lowest BCUT2D eigenvalue weighted by Crippen LogP contribution is -2.56. The molecule has 65 heavy (non-hydrogen) atoms. The third-order valence-electron chi connectivity index (χ3n) is 17.3. The molecule has 0 bridgehead atoms. The SMILES string of the molecule is CCCCc1nc2c(N)nc3ccccc3c2n1CCNc1c(NCCOCCOCCO[C@H]2CC[C@@]3(C)C(=CC[C@@]4(C)[C@@H]5CC[C@H]([C@H](C)CCCC(C)C)[C@@]5(C)CC[C@@H]43)C2)c(=O)c1=O. The zero-order valence-corrected chi connectivity index (χ0v) is 40.9. The Hall–Kier alpha value is -3.80. The first kappa shape index (κ1) is 47.7. The molecule has 4 aromatic rings. The van der Waals surface area contributed by atoms with Crippen molar-refractivity contribution >= 4 is 39.1 Å². The number of nitrogens with two attached hydrogens (primary N) is 1. The fraction of sp³-hybridized carbons (Fsp3) is 0.704. The van der Waals surface area contributed by atoms with Gasteiger partial charge in [-0.1, -0.05) is 104 Å². The molecule has 0 radical (unpaired) electrons. The quantitative estimate of drug-likeness (QED) is 0.0374. The molecular formula is C54H80N6O5. The van der Waals surface area contributed by atoms with E-state index in [4.69, 9.17) is 24.9 Å². The Balaban J connectivity index is 0.733. The minimum Gasteiger partial charge on any atom is -0.382 e. The molecule has 4 N–H and O–H groups in total. The second-order valence-corrected chi connectivity index (χ2v) is 21.7. The van der Waals surface area contributed by atoms with Crippen LogP contribution in [0.3, 0.4) is 0 Å². The number of nitrogens with one attached hydrogen (secondary N) is 2. The first-order chi connectivity index (χ1) is 31.3. The number of hydrogen-bond acceptors (Lipinski definition) is 10. The summed E-state index contributed by atoms with van der Waals surface area (Å²) < 4.78 is 20.3. The minimum absolute atomic E-state index is 0.266. The van der Waals surface area contributed by atoms with Crippen molar-refractivity contribution in [3.05, 3.63) is 62.2 Å². The fourth-order valence-electron chi connectivity index (χ4n) is 14.0. The summed E-state index contributed by atoms with van der Waals surface area (Å²) in [7, 11) is 0. The Morgan fingerprint density at radius 3 is 2.34 bits per heavy atom. The first-order valence-electron chi connectivity index (χ1n) is 25.6. The number of allylic oxidation sites excluding steroid dienone is 1. The van der Waals surface area contributed by atoms with Crippen LogP contribution in [-0.2, 0) is 27.2 Å². The third-order valence-corrected chi connectivity index (χ3v) is 17.3. The van der Waals surface area contributed by atoms with Gasteiger partial charge in [-0.15, -0.1) is 0 Å². The van der Waals surface area contributed by atoms with Gasteiger partial charge in [0.2, 0.25) is 0 Å². The second kappa shape index (κ2) is 20.2. The lowest BCUT2D eigenvalue weighted by Gasteiger charge is -2.63. The number of benzene rings is 1. The van der Waals surface area contributed by atoms with Crippen molar-refractivity contribution in [1.82, 2.24) is 14.5 Å². The largest absolute Gasteiger partial charge is 0.382 e. The number of ether oxygens (including phenoxy) is 3. The molecule has 2 aromatic heterocycles. The van der Waals surface area contributed by atoms with Crippen LogP contribution in [0.15, 0.2) is 45.5 Å². The molecule has 8 rings (SSSR count). The summed E-state index contributed by atoms with van der Waals surface area (Å²) in [6.07, 6.45) is 20.3. The van der Waals surface area contributed by atoms with Gasteiger partial charge in [0.25, 0.3) is 10.9 Å². The summed E-state index contributed by atoms with van der Waals surface area (Å²) in [6.45, 7) is 21.3. The van der Waals surface area contributed by atoms with Gasteiger partial charge >= 0.3 is 0 Å². The Morgan fingerprint density at radius 1 is 0.831 bits per heavy atom. The summed E-state index contributed by atoms with van der Waals surface area (Å²) in [5.74, 6) is 5.51. The highest BCUT2D eigenvalue weighted by atomic mass is 16.5. The average molecular weight is 893 g/mol. The molecule has 3 fully saturated rings. The van der Waals surface area contributed by atoms with E-state index in [9.17, 15) is 9.59 Å². The molecule has 11 nitrogen and oxygen atoms in total. The van der Waals surface area contributed by atoms with Crippen LogP contribution in [0, 0.1) is 45.8 Å². The van der Waals surface area contributed by atoms with Gasteiger partial charge in [0.05, 0.1) is 50.2 Å². The fourth-order valence-corrected chi connectivity index (χ4v) is 14.0. The van der Waals surface area contributed by atoms with E-state index in [1.54, 1.807) is 5.57 Å². The molecule has 0 aliphatic heterocycles. The lowest BCUT2D eigenvalue weighted by molar-refractivity contribution is -0.118. The summed E-state index contributed by atoms with van der Waals surface area (Å²) in [5.41, 5.74) is 11.3. The topological polar surface area (TPSA) is 143 Å². The predicted octanol–water partition coefficient (Wildman–Crippen LogP) is 10.5. The molecule has 0 unspecified atom stereocenters. The van der Waals surface area contributed by atoms with Gasteiger partial charge in [0.1, 0.15) is 22.7 Å². The number of pyridine rings is 1. The van der Waals surface area contributed by atoms with Crippen molar-refractivity contribution < 1.29 is 14.2 Å². The number of aryl methyl sites for hydroxylation is 1. The van der Waals surface area contributed by atoms with Crippen molar-refractivity contribution in [3.8, 4) is 0 Å². The maximum atomic E-state index is 12.6. The van der Waals surface area contributed by atoms with E-state index in [-0.39, 0.29) is 6.10 Å². The van der Waals surface area contributed by atoms with Crippen LogP contribution in [-0.4, -0.2) is 66.8 Å². The normalized spacial score (nSPS) is 28.1. The van der Waals surface area contributed by atoms with Crippen LogP contribution in [0.4, 0.5) is 17.2 Å². The van der Waals surface area contributed by atoms with E-state index < -0.39 is 10.9 Å². The molecule has 0 amide bonds. The standard InChI is InChI=1S/C54H80N6O5/c1-8-9-17-44-59-47-48(39-15-10-11-16-41(39)58-51(47)55)60(44)28-26-56-45-46(50(62)49(45)61)57-27-29-63-30-31-64-32-33-65-38-21-24-52(5)37(34-38)20-23-54(7)42-19-18-40(36(4)14-12-13-35(2)3)53(42,6)25-22-43(52)54/h10-11,15-16,20,35-36,38,40,42-43,56-57H,8-9,12-14,17-19,21-34H2,1-7H3,(H2,55,58)/t36-,38+,40-,42-,43-,52+,53-,54+/m1/s1. The van der Waals surface area contributed by atoms with E-state index in [0.29, 0.717) is 91.6 Å². The number of unbranched alkanes of at least 4 members (excludes halogenated alkanes) is 1. The van der Waals surface area contributed by atoms with Gasteiger partial charge in [0, 0.05) is 31.4 Å². The number of anilines is 3.